The molecule has 442 valence electrons. The lowest BCUT2D eigenvalue weighted by molar-refractivity contribution is -0.174. The molecule has 14 rings (SSSR count). The summed E-state index contributed by atoms with van der Waals surface area (Å²) in [4.78, 5) is 160. The van der Waals surface area contributed by atoms with E-state index in [1.54, 1.807) is 30.3 Å². The third-order valence-corrected chi connectivity index (χ3v) is 15.4. The number of hydrogen-bond acceptors (Lipinski definition) is 25. The van der Waals surface area contributed by atoms with Crippen molar-refractivity contribution < 1.29 is 75.7 Å². The van der Waals surface area contributed by atoms with Crippen LogP contribution >= 0.6 is 0 Å². The van der Waals surface area contributed by atoms with Crippen molar-refractivity contribution in [2.45, 2.75) is 46.0 Å². The van der Waals surface area contributed by atoms with Gasteiger partial charge in [-0.15, -0.1) is 0 Å². The molecule has 5 saturated heterocycles. The number of rotatable bonds is 4. The molecule has 7 aromatic rings. The zero-order valence-corrected chi connectivity index (χ0v) is 45.5. The Kier molecular flexibility index (Phi) is 16.7. The normalized spacial score (nSPS) is 23.6. The van der Waals surface area contributed by atoms with E-state index in [-0.39, 0.29) is 45.7 Å². The summed E-state index contributed by atoms with van der Waals surface area (Å²) in [6, 6.07) is 30.6. The van der Waals surface area contributed by atoms with E-state index < -0.39 is 118 Å². The number of aryl methyl sites for hydroxylation is 1. The predicted octanol–water partition coefficient (Wildman–Crippen LogP) is 2.70. The van der Waals surface area contributed by atoms with Gasteiger partial charge in [0.15, 0.2) is 0 Å². The van der Waals surface area contributed by atoms with Crippen molar-refractivity contribution >= 4 is 115 Å². The van der Waals surface area contributed by atoms with E-state index in [0.717, 1.165) is 46.9 Å². The summed E-state index contributed by atoms with van der Waals surface area (Å²) >= 11 is 0. The maximum Gasteiger partial charge on any atom is 0.346 e. The summed E-state index contributed by atoms with van der Waals surface area (Å²) in [5.74, 6) is -11.2. The first-order valence-electron chi connectivity index (χ1n) is 26.6. The number of furan rings is 2. The first kappa shape index (κ1) is 59.7. The van der Waals surface area contributed by atoms with Crippen LogP contribution in [0.4, 0.5) is 34.1 Å². The van der Waals surface area contributed by atoms with Gasteiger partial charge in [-0.25, -0.2) is 19.2 Å². The highest BCUT2D eigenvalue weighted by molar-refractivity contribution is 6.21. The number of ether oxygens (including phenoxy) is 4. The largest absolute Gasteiger partial charge is 0.399 e. The van der Waals surface area contributed by atoms with Gasteiger partial charge in [0.2, 0.25) is 11.8 Å². The highest BCUT2D eigenvalue weighted by atomic mass is 16.6. The number of imide groups is 1. The van der Waals surface area contributed by atoms with Gasteiger partial charge in [0.1, 0.15) is 0 Å². The van der Waals surface area contributed by atoms with Crippen LogP contribution in [0, 0.1) is 60.2 Å². The number of nitrogens with zero attached hydrogens (tertiary/aromatic N) is 1. The van der Waals surface area contributed by atoms with Gasteiger partial charge in [0, 0.05) is 40.8 Å². The lowest BCUT2D eigenvalue weighted by atomic mass is 9.59. The van der Waals surface area contributed by atoms with Gasteiger partial charge >= 0.3 is 70.3 Å². The van der Waals surface area contributed by atoms with Gasteiger partial charge in [-0.2, -0.15) is 0 Å². The van der Waals surface area contributed by atoms with E-state index in [4.69, 9.17) is 28.7 Å². The van der Waals surface area contributed by atoms with Gasteiger partial charge in [-0.05, 0) is 128 Å². The fourth-order valence-electron chi connectivity index (χ4n) is 11.2. The summed E-state index contributed by atoms with van der Waals surface area (Å²) < 4.78 is 26.4. The second-order valence-corrected chi connectivity index (χ2v) is 21.1. The molecule has 26 heteroatoms. The molecule has 2 saturated carbocycles. The molecule has 5 unspecified atom stereocenters. The smallest absolute Gasteiger partial charge is 0.346 e. The number of hydrogen-bond donors (Lipinski definition) is 5. The van der Waals surface area contributed by atoms with Crippen molar-refractivity contribution in [2.24, 2.45) is 53.3 Å². The Morgan fingerprint density at radius 3 is 1.21 bits per heavy atom. The number of esters is 8. The minimum absolute atomic E-state index is 0.0138. The maximum atomic E-state index is 12.0. The second kappa shape index (κ2) is 24.1. The van der Waals surface area contributed by atoms with Gasteiger partial charge < -0.3 is 56.5 Å². The van der Waals surface area contributed by atoms with Crippen molar-refractivity contribution in [3.8, 4) is 0 Å². The number of carbonyl (C=O) groups excluding carboxylic acids is 10. The number of cyclic esters (lactones) is 8. The lowest BCUT2D eigenvalue weighted by Gasteiger charge is -2.33. The summed E-state index contributed by atoms with van der Waals surface area (Å²) in [6.45, 7) is 3.81. The molecular formula is C60H52N6O20. The van der Waals surface area contributed by atoms with Crippen LogP contribution < -0.4 is 56.1 Å². The van der Waals surface area contributed by atoms with Crippen LogP contribution in [0.5, 0.6) is 0 Å². The Labute approximate surface area is 483 Å². The van der Waals surface area contributed by atoms with Crippen molar-refractivity contribution in [3.63, 3.8) is 0 Å². The SMILES string of the molecule is CCC1CC(=O)N(c2cc(C)cc(N)c2)C1=O.Nc1ccc(Cc2ccc(N)cc2)cc1.Nc1ccc(N)cc1.O=C1CC2C3CC(C(=O)OC3=O)C2C(=O)O1.O=C1OC(=O)C2C1C1C(=O)OC(=O)C21.O=c1oc(=O)c2cc3c(=O)oc(=O)c3cc12. The number of carbonyl (C=O) groups is 10. The Bertz CT molecular complexity index is 3850. The maximum absolute atomic E-state index is 12.0. The molecule has 5 aliphatic heterocycles. The van der Waals surface area contributed by atoms with Gasteiger partial charge in [0.25, 0.3) is 0 Å². The van der Waals surface area contributed by atoms with Crippen LogP contribution in [0.15, 0.2) is 131 Å². The molecule has 2 aromatic heterocycles. The molecule has 10 N–H and O–H groups in total. The molecule has 2 bridgehead atoms. The number of amides is 2. The molecule has 26 nitrogen and oxygen atoms in total. The van der Waals surface area contributed by atoms with Crippen molar-refractivity contribution in [3.05, 3.63) is 161 Å². The predicted molar refractivity (Wildman–Crippen MR) is 301 cm³/mol. The Hall–Kier alpha value is -10.9. The molecule has 7 fully saturated rings. The molecular weight excluding hydrogens is 1120 g/mol. The average Bonchev–Trinajstić information content (AvgIpc) is 1.62. The first-order chi connectivity index (χ1) is 40.8. The molecule has 7 heterocycles. The zero-order chi connectivity index (χ0) is 62.2. The van der Waals surface area contributed by atoms with Crippen LogP contribution in [0.25, 0.3) is 21.5 Å². The third-order valence-electron chi connectivity index (χ3n) is 15.4. The van der Waals surface area contributed by atoms with Crippen LogP contribution in [-0.4, -0.2) is 59.6 Å². The standard InChI is InChI=1S/C13H16N2O2.C13H14N2.C10H8O6.C10H2O6.C8H4O6.C6H8N2/c1-3-9-6-12(16)15(13(9)17)11-5-8(2)4-10(14)7-11;14-12-5-1-10(2-6-12)9-11-3-7-13(15)8-4-11;11-6-2-3-4-1-5(7(3)10(14)15-6)9(13)16-8(4)12;11-7-3-1-4-6(10(14)16-8(4)12)2-5(3)9(13)15-7;9-5-1-2(6(10)13-5)4-3(1)7(11)14-8(4)12;7-5-1-2-6(8)4-3-5/h4-5,7,9H,3,6,14H2,1-2H3;1-8H,9,14-15H2;3-5,7H,1-2H2;1-2H;1-4H;1-4H,7-8H2. The minimum atomic E-state index is -0.824. The summed E-state index contributed by atoms with van der Waals surface area (Å²) in [6.07, 6.45) is 2.24. The van der Waals surface area contributed by atoms with Crippen molar-refractivity contribution in [2.75, 3.05) is 33.6 Å². The van der Waals surface area contributed by atoms with E-state index in [1.165, 1.54) is 16.0 Å². The average molecular weight is 1180 g/mol. The Morgan fingerprint density at radius 2 is 0.814 bits per heavy atom. The summed E-state index contributed by atoms with van der Waals surface area (Å²) in [5, 5.41) is -0.0726. The van der Waals surface area contributed by atoms with E-state index >= 15 is 0 Å². The van der Waals surface area contributed by atoms with E-state index in [9.17, 15) is 67.1 Å². The molecule has 2 amide bonds. The van der Waals surface area contributed by atoms with Crippen LogP contribution in [-0.2, 0) is 73.3 Å². The topological polar surface area (TPSA) is 436 Å². The number of fused-ring (bicyclic) bond motifs is 11. The molecule has 0 radical (unpaired) electrons. The molecule has 5 aromatic carbocycles. The van der Waals surface area contributed by atoms with Gasteiger partial charge in [0.05, 0.1) is 75.1 Å². The van der Waals surface area contributed by atoms with Crippen LogP contribution in [0.1, 0.15) is 49.3 Å². The highest BCUT2D eigenvalue weighted by Gasteiger charge is 2.73. The number of nitrogen functional groups attached to an aromatic ring is 5. The van der Waals surface area contributed by atoms with Crippen molar-refractivity contribution in [1.82, 2.24) is 0 Å². The number of benzene rings is 5. The van der Waals surface area contributed by atoms with Gasteiger partial charge in [-0.1, -0.05) is 31.2 Å². The number of nitrogens with two attached hydrogens (primary N) is 5. The van der Waals surface area contributed by atoms with E-state index in [1.807, 2.05) is 74.5 Å². The van der Waals surface area contributed by atoms with E-state index in [0.29, 0.717) is 30.6 Å². The lowest BCUT2D eigenvalue weighted by Crippen LogP contribution is -2.50. The summed E-state index contributed by atoms with van der Waals surface area (Å²) in [7, 11) is 0. The monoisotopic (exact) mass is 1180 g/mol. The molecule has 86 heavy (non-hydrogen) atoms. The number of anilines is 6. The summed E-state index contributed by atoms with van der Waals surface area (Å²) in [5.41, 5.74) is 32.2. The fourth-order valence-corrected chi connectivity index (χ4v) is 11.2. The third kappa shape index (κ3) is 12.1. The van der Waals surface area contributed by atoms with Crippen LogP contribution in [0.2, 0.25) is 0 Å². The minimum Gasteiger partial charge on any atom is -0.399 e. The van der Waals surface area contributed by atoms with E-state index in [2.05, 4.69) is 27.8 Å². The second-order valence-electron chi connectivity index (χ2n) is 21.1. The molecule has 0 spiro atoms. The molecule has 7 aliphatic rings. The molecule has 5 atom stereocenters. The fraction of sp³-hybridized carbons (Fsp3) is 0.267. The quantitative estimate of drug-likeness (QED) is 0.0556. The Morgan fingerprint density at radius 1 is 0.430 bits per heavy atom. The highest BCUT2D eigenvalue weighted by Crippen LogP contribution is 2.55. The van der Waals surface area contributed by atoms with Crippen molar-refractivity contribution in [1.29, 1.82) is 0 Å². The zero-order valence-electron chi connectivity index (χ0n) is 45.5. The van der Waals surface area contributed by atoms with Crippen LogP contribution in [0.3, 0.4) is 0 Å². The molecule has 2 aliphatic carbocycles. The van der Waals surface area contributed by atoms with Gasteiger partial charge in [-0.3, -0.25) is 52.8 Å². The first-order valence-corrected chi connectivity index (χ1v) is 26.6. The Balaban J connectivity index is 0.000000125.